The maximum Gasteiger partial charge on any atom is 0.417 e. The highest BCUT2D eigenvalue weighted by atomic mass is 32.2. The van der Waals surface area contributed by atoms with Gasteiger partial charge < -0.3 is 0 Å². The van der Waals surface area contributed by atoms with Gasteiger partial charge in [-0.1, -0.05) is 0 Å². The van der Waals surface area contributed by atoms with Crippen molar-refractivity contribution in [1.82, 2.24) is 0 Å². The molecule has 102 valence electrons. The maximum absolute atomic E-state index is 12.5. The lowest BCUT2D eigenvalue weighted by Crippen LogP contribution is -2.17. The summed E-state index contributed by atoms with van der Waals surface area (Å²) >= 11 is 0. The Kier molecular flexibility index (Phi) is 3.46. The predicted molar refractivity (Wildman–Crippen MR) is 52.6 cm³/mol. The molecule has 0 heterocycles. The van der Waals surface area contributed by atoms with Gasteiger partial charge in [-0.2, -0.15) is 21.6 Å². The lowest BCUT2D eigenvalue weighted by atomic mass is 10.2. The van der Waals surface area contributed by atoms with Crippen LogP contribution in [0.2, 0.25) is 0 Å². The molecule has 0 saturated heterocycles. The summed E-state index contributed by atoms with van der Waals surface area (Å²) in [6.45, 7) is 0. The van der Waals surface area contributed by atoms with Crippen molar-refractivity contribution < 1.29 is 34.6 Å². The molecule has 1 aromatic carbocycles. The fourth-order valence-electron chi connectivity index (χ4n) is 1.13. The molecule has 6 nitrogen and oxygen atoms in total. The second-order valence-corrected chi connectivity index (χ2v) is 6.13. The summed E-state index contributed by atoms with van der Waals surface area (Å²) in [6.07, 6.45) is -5.07. The summed E-state index contributed by atoms with van der Waals surface area (Å²) in [7, 11) is -9.63. The largest absolute Gasteiger partial charge is 0.417 e. The van der Waals surface area contributed by atoms with E-state index in [1.165, 1.54) is 0 Å². The van der Waals surface area contributed by atoms with Gasteiger partial charge in [0, 0.05) is 0 Å². The Balaban J connectivity index is 3.71. The molecule has 3 N–H and O–H groups in total. The molecule has 0 unspecified atom stereocenters. The van der Waals surface area contributed by atoms with E-state index in [-0.39, 0.29) is 12.1 Å². The molecular weight excluding hydrogens is 299 g/mol. The molecule has 0 aliphatic rings. The summed E-state index contributed by atoms with van der Waals surface area (Å²) in [5, 5.41) is 4.64. The lowest BCUT2D eigenvalue weighted by Gasteiger charge is -2.11. The molecule has 0 fully saturated rings. The van der Waals surface area contributed by atoms with Crippen LogP contribution in [0.3, 0.4) is 0 Å². The molecule has 0 saturated carbocycles. The van der Waals surface area contributed by atoms with Gasteiger partial charge in [0.25, 0.3) is 10.1 Å². The smallest absolute Gasteiger partial charge is 0.282 e. The number of hydrogen-bond donors (Lipinski definition) is 2. The highest BCUT2D eigenvalue weighted by Gasteiger charge is 2.37. The first kappa shape index (κ1) is 14.9. The standard InChI is InChI=1S/C7H6F3NO5S2/c8-7(9,10)5-2-1-4(17(11,12)13)3-6(5)18(14,15)16/h1-3H,(H2,11,12,13)(H,14,15,16). The number of benzene rings is 1. The van der Waals surface area contributed by atoms with E-state index in [0.29, 0.717) is 6.07 Å². The molecule has 0 spiro atoms. The van der Waals surface area contributed by atoms with Crippen LogP contribution in [0.4, 0.5) is 13.2 Å². The number of alkyl halides is 3. The molecule has 18 heavy (non-hydrogen) atoms. The summed E-state index contributed by atoms with van der Waals surface area (Å²) in [5.74, 6) is 0. The molecule has 11 heteroatoms. The van der Waals surface area contributed by atoms with Crippen LogP contribution in [-0.2, 0) is 26.3 Å². The molecule has 0 amide bonds. The molecule has 1 rings (SSSR count). The van der Waals surface area contributed by atoms with Gasteiger partial charge in [0.15, 0.2) is 0 Å². The zero-order valence-corrected chi connectivity index (χ0v) is 9.97. The van der Waals surface area contributed by atoms with E-state index in [2.05, 4.69) is 5.14 Å². The van der Waals surface area contributed by atoms with Gasteiger partial charge >= 0.3 is 6.18 Å². The van der Waals surface area contributed by atoms with E-state index >= 15 is 0 Å². The zero-order valence-electron chi connectivity index (χ0n) is 8.34. The van der Waals surface area contributed by atoms with Crippen LogP contribution in [0.1, 0.15) is 5.56 Å². The molecule has 1 aromatic rings. The monoisotopic (exact) mass is 305 g/mol. The van der Waals surface area contributed by atoms with Crippen molar-refractivity contribution in [3.63, 3.8) is 0 Å². The number of primary sulfonamides is 1. The minimum Gasteiger partial charge on any atom is -0.282 e. The normalized spacial score (nSPS) is 13.6. The summed E-state index contributed by atoms with van der Waals surface area (Å²) in [4.78, 5) is -2.43. The Hall–Kier alpha value is -1.17. The van der Waals surface area contributed by atoms with Gasteiger partial charge in [-0.05, 0) is 18.2 Å². The van der Waals surface area contributed by atoms with E-state index in [1.54, 1.807) is 0 Å². The minimum atomic E-state index is -5.24. The van der Waals surface area contributed by atoms with Crippen molar-refractivity contribution in [2.45, 2.75) is 16.0 Å². The first-order valence-corrected chi connectivity index (χ1v) is 7.03. The molecule has 0 atom stereocenters. The Bertz CT molecular complexity index is 678. The van der Waals surface area contributed by atoms with Crippen LogP contribution in [-0.4, -0.2) is 21.4 Å². The van der Waals surface area contributed by atoms with Crippen LogP contribution >= 0.6 is 0 Å². The van der Waals surface area contributed by atoms with Crippen LogP contribution in [0, 0.1) is 0 Å². The molecule has 0 bridgehead atoms. The Morgan fingerprint density at radius 2 is 1.61 bits per heavy atom. The SMILES string of the molecule is NS(=O)(=O)c1ccc(C(F)(F)F)c(S(=O)(=O)O)c1. The highest BCUT2D eigenvalue weighted by Crippen LogP contribution is 2.35. The topological polar surface area (TPSA) is 115 Å². The number of rotatable bonds is 2. The van der Waals surface area contributed by atoms with Crippen LogP contribution < -0.4 is 5.14 Å². The summed E-state index contributed by atoms with van der Waals surface area (Å²) in [6, 6.07) is 0.850. The summed E-state index contributed by atoms with van der Waals surface area (Å²) in [5.41, 5.74) is -1.68. The summed E-state index contributed by atoms with van der Waals surface area (Å²) < 4.78 is 89.4. The molecule has 0 aromatic heterocycles. The maximum atomic E-state index is 12.5. The zero-order chi connectivity index (χ0) is 14.4. The second-order valence-electron chi connectivity index (χ2n) is 3.18. The average molecular weight is 305 g/mol. The second kappa shape index (κ2) is 4.19. The van der Waals surface area contributed by atoms with Crippen LogP contribution in [0.15, 0.2) is 28.0 Å². The van der Waals surface area contributed by atoms with Crippen molar-refractivity contribution in [1.29, 1.82) is 0 Å². The van der Waals surface area contributed by atoms with Crippen LogP contribution in [0.25, 0.3) is 0 Å². The quantitative estimate of drug-likeness (QED) is 0.776. The van der Waals surface area contributed by atoms with E-state index < -0.39 is 41.7 Å². The minimum absolute atomic E-state index is 0.146. The number of hydrogen-bond acceptors (Lipinski definition) is 4. The average Bonchev–Trinajstić information content (AvgIpc) is 2.12. The van der Waals surface area contributed by atoms with Gasteiger partial charge in [0.2, 0.25) is 10.0 Å². The molecular formula is C7H6F3NO5S2. The van der Waals surface area contributed by atoms with E-state index in [1.807, 2.05) is 0 Å². The Morgan fingerprint density at radius 1 is 1.11 bits per heavy atom. The first-order chi connectivity index (χ1) is 7.83. The Labute approximate surface area is 100 Å². The third kappa shape index (κ3) is 3.19. The molecule has 0 radical (unpaired) electrons. The highest BCUT2D eigenvalue weighted by molar-refractivity contribution is 7.89. The van der Waals surface area contributed by atoms with E-state index in [4.69, 9.17) is 4.55 Å². The fourth-order valence-corrected chi connectivity index (χ4v) is 2.48. The number of sulfonamides is 1. The van der Waals surface area contributed by atoms with E-state index in [9.17, 15) is 30.0 Å². The van der Waals surface area contributed by atoms with Gasteiger partial charge in [-0.3, -0.25) is 4.55 Å². The Morgan fingerprint density at radius 3 is 1.94 bits per heavy atom. The third-order valence-electron chi connectivity index (χ3n) is 1.86. The van der Waals surface area contributed by atoms with Crippen molar-refractivity contribution in [3.8, 4) is 0 Å². The number of nitrogens with two attached hydrogens (primary N) is 1. The number of halogens is 3. The lowest BCUT2D eigenvalue weighted by molar-refractivity contribution is -0.140. The van der Waals surface area contributed by atoms with Crippen molar-refractivity contribution in [2.24, 2.45) is 5.14 Å². The van der Waals surface area contributed by atoms with Crippen molar-refractivity contribution in [3.05, 3.63) is 23.8 Å². The first-order valence-electron chi connectivity index (χ1n) is 4.05. The fraction of sp³-hybridized carbons (Fsp3) is 0.143. The third-order valence-corrected chi connectivity index (χ3v) is 3.67. The van der Waals surface area contributed by atoms with E-state index in [0.717, 1.165) is 0 Å². The predicted octanol–water partition coefficient (Wildman–Crippen LogP) is 0.600. The van der Waals surface area contributed by atoms with Gasteiger partial charge in [-0.15, -0.1) is 0 Å². The van der Waals surface area contributed by atoms with Crippen molar-refractivity contribution in [2.75, 3.05) is 0 Å². The van der Waals surface area contributed by atoms with Gasteiger partial charge in [0.1, 0.15) is 4.90 Å². The van der Waals surface area contributed by atoms with Crippen molar-refractivity contribution >= 4 is 20.1 Å². The van der Waals surface area contributed by atoms with Gasteiger partial charge in [0.05, 0.1) is 10.5 Å². The molecule has 0 aliphatic heterocycles. The van der Waals surface area contributed by atoms with Gasteiger partial charge in [-0.25, -0.2) is 13.6 Å². The van der Waals surface area contributed by atoms with Crippen LogP contribution in [0.5, 0.6) is 0 Å². The molecule has 0 aliphatic carbocycles.